The highest BCUT2D eigenvalue weighted by Gasteiger charge is 2.47. The molecule has 0 saturated carbocycles. The minimum Gasteiger partial charge on any atom is -0.493 e. The van der Waals surface area contributed by atoms with Crippen molar-refractivity contribution in [2.24, 2.45) is 17.6 Å². The molecule has 0 bridgehead atoms. The van der Waals surface area contributed by atoms with Crippen LogP contribution in [0.25, 0.3) is 0 Å². The summed E-state index contributed by atoms with van der Waals surface area (Å²) in [5, 5.41) is 0. The molecule has 2 aliphatic heterocycles. The second kappa shape index (κ2) is 8.66. The predicted octanol–water partition coefficient (Wildman–Crippen LogP) is 2.72. The zero-order valence-corrected chi connectivity index (χ0v) is 18.0. The van der Waals surface area contributed by atoms with Gasteiger partial charge in [0.2, 0.25) is 0 Å². The predicted molar refractivity (Wildman–Crippen MR) is 117 cm³/mol. The van der Waals surface area contributed by atoms with Gasteiger partial charge >= 0.3 is 0 Å². The maximum absolute atomic E-state index is 13.3. The molecular weight excluding hydrogens is 378 g/mol. The van der Waals surface area contributed by atoms with Crippen LogP contribution in [0.4, 0.5) is 0 Å². The van der Waals surface area contributed by atoms with E-state index in [9.17, 15) is 4.79 Å². The van der Waals surface area contributed by atoms with Crippen LogP contribution >= 0.6 is 0 Å². The fraction of sp³-hybridized carbons (Fsp3) is 0.458. The summed E-state index contributed by atoms with van der Waals surface area (Å²) in [6.45, 7) is 5.60. The van der Waals surface area contributed by atoms with Crippen LogP contribution in [0, 0.1) is 18.8 Å². The lowest BCUT2D eigenvalue weighted by molar-refractivity contribution is 0.0767. The summed E-state index contributed by atoms with van der Waals surface area (Å²) in [5.74, 6) is 2.18. The van der Waals surface area contributed by atoms with E-state index in [1.165, 1.54) is 11.1 Å². The van der Waals surface area contributed by atoms with Crippen molar-refractivity contribution in [2.75, 3.05) is 46.9 Å². The highest BCUT2D eigenvalue weighted by Crippen LogP contribution is 2.45. The number of amides is 1. The van der Waals surface area contributed by atoms with Crippen LogP contribution < -0.4 is 15.2 Å². The third kappa shape index (κ3) is 3.77. The Morgan fingerprint density at radius 3 is 2.67 bits per heavy atom. The molecule has 6 heteroatoms. The number of benzene rings is 2. The van der Waals surface area contributed by atoms with Gasteiger partial charge in [0.05, 0.1) is 7.11 Å². The highest BCUT2D eigenvalue weighted by molar-refractivity contribution is 5.95. The molecule has 3 atom stereocenters. The van der Waals surface area contributed by atoms with E-state index >= 15 is 0 Å². The highest BCUT2D eigenvalue weighted by atomic mass is 16.5. The number of fused-ring (bicyclic) bond motifs is 1. The summed E-state index contributed by atoms with van der Waals surface area (Å²) in [5.41, 5.74) is 8.84. The van der Waals surface area contributed by atoms with Crippen LogP contribution in [0.5, 0.6) is 11.5 Å². The molecule has 6 nitrogen and oxygen atoms in total. The number of hydrogen-bond acceptors (Lipinski definition) is 5. The summed E-state index contributed by atoms with van der Waals surface area (Å²) in [6, 6.07) is 14.3. The lowest BCUT2D eigenvalue weighted by Crippen LogP contribution is -2.33. The lowest BCUT2D eigenvalue weighted by atomic mass is 9.88. The Kier molecular flexibility index (Phi) is 5.97. The second-order valence-electron chi connectivity index (χ2n) is 8.38. The number of aryl methyl sites for hydroxylation is 1. The van der Waals surface area contributed by atoms with Gasteiger partial charge in [-0.3, -0.25) is 9.69 Å². The van der Waals surface area contributed by atoms with E-state index in [0.717, 1.165) is 19.6 Å². The third-order valence-electron chi connectivity index (χ3n) is 6.47. The van der Waals surface area contributed by atoms with Crippen molar-refractivity contribution < 1.29 is 14.3 Å². The summed E-state index contributed by atoms with van der Waals surface area (Å²) in [6.07, 6.45) is 0. The molecule has 0 unspecified atom stereocenters. The number of likely N-dealkylation sites (tertiary alicyclic amines) is 2. The van der Waals surface area contributed by atoms with Crippen molar-refractivity contribution >= 4 is 5.91 Å². The standard InChI is InChI=1S/C24H31N3O3/c1-16-6-4-5-7-19(16)23-20-15-27(14-18(20)13-26(23)2)24(28)17-8-9-21(30-11-10-25)22(12-17)29-3/h4-9,12,18,20,23H,10-11,13-15,25H2,1-3H3/t18-,20+,23+/m0/s1. The molecule has 0 aromatic heterocycles. The maximum atomic E-state index is 13.3. The molecule has 2 fully saturated rings. The summed E-state index contributed by atoms with van der Waals surface area (Å²) < 4.78 is 11.0. The Balaban J connectivity index is 1.52. The first-order valence-corrected chi connectivity index (χ1v) is 10.6. The number of carbonyl (C=O) groups is 1. The van der Waals surface area contributed by atoms with Crippen LogP contribution in [-0.4, -0.2) is 62.7 Å². The van der Waals surface area contributed by atoms with Gasteiger partial charge in [-0.1, -0.05) is 24.3 Å². The van der Waals surface area contributed by atoms with Crippen molar-refractivity contribution in [1.82, 2.24) is 9.80 Å². The summed E-state index contributed by atoms with van der Waals surface area (Å²) in [4.78, 5) is 17.7. The van der Waals surface area contributed by atoms with Gasteiger partial charge in [0, 0.05) is 43.7 Å². The van der Waals surface area contributed by atoms with E-state index in [1.54, 1.807) is 19.2 Å². The van der Waals surface area contributed by atoms with E-state index < -0.39 is 0 Å². The van der Waals surface area contributed by atoms with E-state index in [0.29, 0.717) is 48.1 Å². The fourth-order valence-electron chi connectivity index (χ4n) is 5.08. The molecule has 1 amide bonds. The monoisotopic (exact) mass is 409 g/mol. The van der Waals surface area contributed by atoms with Crippen LogP contribution in [0.2, 0.25) is 0 Å². The molecule has 0 radical (unpaired) electrons. The SMILES string of the molecule is COc1cc(C(=O)N2C[C@@H]3CN(C)[C@H](c4ccccc4C)[C@@H]3C2)ccc1OCCN. The molecule has 2 N–H and O–H groups in total. The van der Waals surface area contributed by atoms with E-state index in [-0.39, 0.29) is 5.91 Å². The molecule has 4 rings (SSSR count). The number of nitrogens with two attached hydrogens (primary N) is 1. The average Bonchev–Trinajstić information content (AvgIpc) is 3.29. The summed E-state index contributed by atoms with van der Waals surface area (Å²) in [7, 11) is 3.79. The van der Waals surface area contributed by atoms with Crippen molar-refractivity contribution in [3.63, 3.8) is 0 Å². The average molecular weight is 410 g/mol. The molecule has 2 heterocycles. The van der Waals surface area contributed by atoms with Crippen molar-refractivity contribution in [1.29, 1.82) is 0 Å². The molecule has 2 saturated heterocycles. The Hall–Kier alpha value is -2.57. The molecule has 2 aromatic carbocycles. The van der Waals surface area contributed by atoms with E-state index in [4.69, 9.17) is 15.2 Å². The number of hydrogen-bond donors (Lipinski definition) is 1. The van der Waals surface area contributed by atoms with Gasteiger partial charge in [0.1, 0.15) is 6.61 Å². The Morgan fingerprint density at radius 1 is 1.13 bits per heavy atom. The fourth-order valence-corrected chi connectivity index (χ4v) is 5.08. The Morgan fingerprint density at radius 2 is 1.93 bits per heavy atom. The molecule has 2 aliphatic rings. The molecule has 2 aromatic rings. The second-order valence-corrected chi connectivity index (χ2v) is 8.38. The van der Waals surface area contributed by atoms with E-state index in [1.807, 2.05) is 11.0 Å². The minimum absolute atomic E-state index is 0.0549. The van der Waals surface area contributed by atoms with Crippen LogP contribution in [-0.2, 0) is 0 Å². The van der Waals surface area contributed by atoms with Crippen LogP contribution in [0.3, 0.4) is 0 Å². The lowest BCUT2D eigenvalue weighted by Gasteiger charge is -2.28. The van der Waals surface area contributed by atoms with Gasteiger partial charge < -0.3 is 20.1 Å². The van der Waals surface area contributed by atoms with Crippen molar-refractivity contribution in [3.05, 3.63) is 59.2 Å². The van der Waals surface area contributed by atoms with Crippen LogP contribution in [0.1, 0.15) is 27.5 Å². The van der Waals surface area contributed by atoms with Crippen LogP contribution in [0.15, 0.2) is 42.5 Å². The quantitative estimate of drug-likeness (QED) is 0.795. The first-order valence-electron chi connectivity index (χ1n) is 10.6. The smallest absolute Gasteiger partial charge is 0.254 e. The molecule has 30 heavy (non-hydrogen) atoms. The van der Waals surface area contributed by atoms with E-state index in [2.05, 4.69) is 43.1 Å². The Bertz CT molecular complexity index is 916. The normalized spacial score (nSPS) is 23.5. The minimum atomic E-state index is 0.0549. The number of nitrogens with zero attached hydrogens (tertiary/aromatic N) is 2. The number of carbonyl (C=O) groups excluding carboxylic acids is 1. The maximum Gasteiger partial charge on any atom is 0.254 e. The van der Waals surface area contributed by atoms with Gasteiger partial charge in [-0.05, 0) is 49.2 Å². The van der Waals surface area contributed by atoms with Gasteiger partial charge in [0.25, 0.3) is 5.91 Å². The van der Waals surface area contributed by atoms with Crippen molar-refractivity contribution in [2.45, 2.75) is 13.0 Å². The molecule has 0 spiro atoms. The van der Waals surface area contributed by atoms with Gasteiger partial charge in [-0.15, -0.1) is 0 Å². The molecule has 0 aliphatic carbocycles. The first-order chi connectivity index (χ1) is 14.5. The molecular formula is C24H31N3O3. The number of rotatable bonds is 6. The van der Waals surface area contributed by atoms with Gasteiger partial charge in [0.15, 0.2) is 11.5 Å². The number of ether oxygens (including phenoxy) is 2. The third-order valence-corrected chi connectivity index (χ3v) is 6.47. The first kappa shape index (κ1) is 20.7. The largest absolute Gasteiger partial charge is 0.493 e. The van der Waals surface area contributed by atoms with Gasteiger partial charge in [-0.2, -0.15) is 0 Å². The summed E-state index contributed by atoms with van der Waals surface area (Å²) >= 11 is 0. The Labute approximate surface area is 178 Å². The number of methoxy groups -OCH3 is 1. The molecule has 160 valence electrons. The topological polar surface area (TPSA) is 68.0 Å². The van der Waals surface area contributed by atoms with Gasteiger partial charge in [-0.25, -0.2) is 0 Å². The zero-order chi connectivity index (χ0) is 21.3. The van der Waals surface area contributed by atoms with Crippen molar-refractivity contribution in [3.8, 4) is 11.5 Å². The zero-order valence-electron chi connectivity index (χ0n) is 18.0.